The van der Waals surface area contributed by atoms with Crippen molar-refractivity contribution in [1.82, 2.24) is 9.80 Å². The van der Waals surface area contributed by atoms with Crippen LogP contribution in [0.3, 0.4) is 0 Å². The average molecular weight is 239 g/mol. The van der Waals surface area contributed by atoms with E-state index in [4.69, 9.17) is 5.73 Å². The molecule has 1 saturated heterocycles. The molecule has 0 aromatic rings. The van der Waals surface area contributed by atoms with Crippen molar-refractivity contribution < 1.29 is 0 Å². The summed E-state index contributed by atoms with van der Waals surface area (Å²) >= 11 is 0. The number of rotatable bonds is 3. The van der Waals surface area contributed by atoms with Crippen LogP contribution in [0.25, 0.3) is 0 Å². The zero-order chi connectivity index (χ0) is 12.3. The van der Waals surface area contributed by atoms with Crippen LogP contribution in [0.15, 0.2) is 0 Å². The van der Waals surface area contributed by atoms with Crippen LogP contribution >= 0.6 is 0 Å². The Hall–Kier alpha value is -0.120. The molecule has 1 heterocycles. The highest BCUT2D eigenvalue weighted by Gasteiger charge is 2.25. The van der Waals surface area contributed by atoms with E-state index < -0.39 is 0 Å². The first-order chi connectivity index (χ1) is 8.15. The van der Waals surface area contributed by atoms with Gasteiger partial charge in [-0.25, -0.2) is 0 Å². The molecule has 2 rings (SSSR count). The summed E-state index contributed by atoms with van der Waals surface area (Å²) in [6, 6.07) is 1.24. The van der Waals surface area contributed by atoms with Crippen molar-refractivity contribution in [3.8, 4) is 0 Å². The highest BCUT2D eigenvalue weighted by Crippen LogP contribution is 2.25. The van der Waals surface area contributed by atoms with Gasteiger partial charge in [0, 0.05) is 25.2 Å². The topological polar surface area (TPSA) is 32.5 Å². The second-order valence-corrected chi connectivity index (χ2v) is 6.29. The van der Waals surface area contributed by atoms with Gasteiger partial charge < -0.3 is 15.5 Å². The molecule has 1 aliphatic carbocycles. The molecule has 3 nitrogen and oxygen atoms in total. The lowest BCUT2D eigenvalue weighted by Gasteiger charge is -2.38. The van der Waals surface area contributed by atoms with Crippen LogP contribution in [0.2, 0.25) is 0 Å². The van der Waals surface area contributed by atoms with Crippen molar-refractivity contribution in [3.63, 3.8) is 0 Å². The Morgan fingerprint density at radius 3 is 2.76 bits per heavy atom. The molecular formula is C14H29N3. The normalized spacial score (nSPS) is 36.4. The van der Waals surface area contributed by atoms with Crippen LogP contribution in [0, 0.1) is 5.92 Å². The van der Waals surface area contributed by atoms with Crippen molar-refractivity contribution in [1.29, 1.82) is 0 Å². The number of likely N-dealkylation sites (tertiary alicyclic amines) is 1. The fraction of sp³-hybridized carbons (Fsp3) is 1.00. The number of hydrogen-bond acceptors (Lipinski definition) is 3. The van der Waals surface area contributed by atoms with E-state index in [1.165, 1.54) is 58.2 Å². The monoisotopic (exact) mass is 239 g/mol. The Morgan fingerprint density at radius 2 is 2.06 bits per heavy atom. The molecule has 0 aromatic carbocycles. The summed E-state index contributed by atoms with van der Waals surface area (Å²) in [6.45, 7) is 3.78. The maximum absolute atomic E-state index is 6.07. The van der Waals surface area contributed by atoms with Crippen LogP contribution in [0.4, 0.5) is 0 Å². The van der Waals surface area contributed by atoms with E-state index in [1.807, 2.05) is 0 Å². The predicted octanol–water partition coefficient (Wildman–Crippen LogP) is 1.53. The second kappa shape index (κ2) is 6.17. The van der Waals surface area contributed by atoms with E-state index in [-0.39, 0.29) is 0 Å². The number of likely N-dealkylation sites (N-methyl/N-ethyl adjacent to an activating group) is 2. The maximum atomic E-state index is 6.07. The fourth-order valence-corrected chi connectivity index (χ4v) is 3.55. The van der Waals surface area contributed by atoms with Gasteiger partial charge in [0.05, 0.1) is 0 Å². The van der Waals surface area contributed by atoms with Crippen LogP contribution in [-0.2, 0) is 0 Å². The van der Waals surface area contributed by atoms with Crippen molar-refractivity contribution >= 4 is 0 Å². The van der Waals surface area contributed by atoms with Gasteiger partial charge in [-0.05, 0) is 58.7 Å². The van der Waals surface area contributed by atoms with Crippen LogP contribution in [0.5, 0.6) is 0 Å². The molecule has 0 bridgehead atoms. The van der Waals surface area contributed by atoms with Gasteiger partial charge in [0.1, 0.15) is 0 Å². The highest BCUT2D eigenvalue weighted by atomic mass is 15.2. The molecule has 0 amide bonds. The highest BCUT2D eigenvalue weighted by molar-refractivity contribution is 4.82. The van der Waals surface area contributed by atoms with Crippen LogP contribution in [-0.4, -0.2) is 55.6 Å². The van der Waals surface area contributed by atoms with Crippen molar-refractivity contribution in [2.75, 3.05) is 33.7 Å². The Labute approximate surface area is 106 Å². The molecular weight excluding hydrogens is 210 g/mol. The predicted molar refractivity (Wildman–Crippen MR) is 73.1 cm³/mol. The first kappa shape index (κ1) is 13.3. The smallest absolute Gasteiger partial charge is 0.0220 e. The Morgan fingerprint density at radius 1 is 1.24 bits per heavy atom. The minimum atomic E-state index is 0.469. The average Bonchev–Trinajstić information content (AvgIpc) is 2.29. The number of nitrogens with two attached hydrogens (primary N) is 1. The third-order valence-corrected chi connectivity index (χ3v) is 4.59. The van der Waals surface area contributed by atoms with Gasteiger partial charge in [-0.3, -0.25) is 0 Å². The van der Waals surface area contributed by atoms with Gasteiger partial charge in [0.2, 0.25) is 0 Å². The minimum Gasteiger partial charge on any atom is -0.328 e. The molecule has 0 aromatic heterocycles. The third kappa shape index (κ3) is 3.94. The first-order valence-electron chi connectivity index (χ1n) is 7.29. The van der Waals surface area contributed by atoms with E-state index in [0.29, 0.717) is 6.04 Å². The lowest BCUT2D eigenvalue weighted by Crippen LogP contribution is -2.47. The summed E-state index contributed by atoms with van der Waals surface area (Å²) in [7, 11) is 4.56. The van der Waals surface area contributed by atoms with Gasteiger partial charge >= 0.3 is 0 Å². The summed E-state index contributed by atoms with van der Waals surface area (Å²) in [6.07, 6.45) is 7.94. The van der Waals surface area contributed by atoms with Crippen molar-refractivity contribution in [3.05, 3.63) is 0 Å². The Balaban J connectivity index is 1.77. The van der Waals surface area contributed by atoms with Gasteiger partial charge in [0.15, 0.2) is 0 Å². The molecule has 2 aliphatic rings. The molecule has 3 heteroatoms. The number of piperidine rings is 1. The van der Waals surface area contributed by atoms with Crippen LogP contribution in [0.1, 0.15) is 38.5 Å². The van der Waals surface area contributed by atoms with Gasteiger partial charge in [0.25, 0.3) is 0 Å². The quantitative estimate of drug-likeness (QED) is 0.811. The van der Waals surface area contributed by atoms with Gasteiger partial charge in [-0.1, -0.05) is 6.42 Å². The van der Waals surface area contributed by atoms with Crippen LogP contribution < -0.4 is 5.73 Å². The lowest BCUT2D eigenvalue weighted by atomic mass is 9.85. The third-order valence-electron chi connectivity index (χ3n) is 4.59. The maximum Gasteiger partial charge on any atom is 0.0220 e. The fourth-order valence-electron chi connectivity index (χ4n) is 3.55. The largest absolute Gasteiger partial charge is 0.328 e. The lowest BCUT2D eigenvalue weighted by molar-refractivity contribution is 0.110. The standard InChI is InChI=1S/C14H29N3/c1-16-8-4-7-14(11-16)17(2)10-12-5-3-6-13(15)9-12/h12-14H,3-11,15H2,1-2H3. The van der Waals surface area contributed by atoms with Crippen molar-refractivity contribution in [2.24, 2.45) is 11.7 Å². The molecule has 2 fully saturated rings. The first-order valence-corrected chi connectivity index (χ1v) is 7.29. The van der Waals surface area contributed by atoms with Gasteiger partial charge in [-0.15, -0.1) is 0 Å². The Kier molecular flexibility index (Phi) is 4.83. The Bertz CT molecular complexity index is 232. The summed E-state index contributed by atoms with van der Waals surface area (Å²) in [5.74, 6) is 0.844. The molecule has 2 N–H and O–H groups in total. The van der Waals surface area contributed by atoms with Crippen molar-refractivity contribution in [2.45, 2.75) is 50.6 Å². The molecule has 3 atom stereocenters. The zero-order valence-corrected chi connectivity index (χ0v) is 11.6. The van der Waals surface area contributed by atoms with E-state index in [0.717, 1.165) is 12.0 Å². The molecule has 0 radical (unpaired) electrons. The van der Waals surface area contributed by atoms with Gasteiger partial charge in [-0.2, -0.15) is 0 Å². The minimum absolute atomic E-state index is 0.469. The number of nitrogens with zero attached hydrogens (tertiary/aromatic N) is 2. The van der Waals surface area contributed by atoms with E-state index in [2.05, 4.69) is 23.9 Å². The van der Waals surface area contributed by atoms with E-state index >= 15 is 0 Å². The SMILES string of the molecule is CN1CCCC(N(C)CC2CCCC(N)C2)C1. The van der Waals surface area contributed by atoms with E-state index in [9.17, 15) is 0 Å². The molecule has 1 saturated carbocycles. The second-order valence-electron chi connectivity index (χ2n) is 6.29. The molecule has 3 unspecified atom stereocenters. The molecule has 100 valence electrons. The van der Waals surface area contributed by atoms with E-state index in [1.54, 1.807) is 0 Å². The summed E-state index contributed by atoms with van der Waals surface area (Å²) in [4.78, 5) is 5.07. The summed E-state index contributed by atoms with van der Waals surface area (Å²) < 4.78 is 0. The molecule has 1 aliphatic heterocycles. The zero-order valence-electron chi connectivity index (χ0n) is 11.6. The summed E-state index contributed by atoms with van der Waals surface area (Å²) in [5, 5.41) is 0. The molecule has 17 heavy (non-hydrogen) atoms. The number of hydrogen-bond donors (Lipinski definition) is 1. The summed E-state index contributed by atoms with van der Waals surface area (Å²) in [5.41, 5.74) is 6.07. The molecule has 0 spiro atoms.